The lowest BCUT2D eigenvalue weighted by molar-refractivity contribution is 0.176. The first-order chi connectivity index (χ1) is 13.9. The SMILES string of the molecule is Cc1ccc(S(=O)(=O)c2ccc(Cn3ccnc3C(O)c3ccco3)cc2)cc1. The molecule has 0 fully saturated rings. The average molecular weight is 408 g/mol. The Morgan fingerprint density at radius 3 is 2.31 bits per heavy atom. The van der Waals surface area contributed by atoms with E-state index in [0.29, 0.717) is 18.1 Å². The lowest BCUT2D eigenvalue weighted by Gasteiger charge is -2.12. The zero-order valence-corrected chi connectivity index (χ0v) is 16.6. The van der Waals surface area contributed by atoms with E-state index in [-0.39, 0.29) is 9.79 Å². The molecule has 1 N–H and O–H groups in total. The number of nitrogens with zero attached hydrogens (tertiary/aromatic N) is 2. The highest BCUT2D eigenvalue weighted by atomic mass is 32.2. The molecule has 1 atom stereocenters. The third-order valence-electron chi connectivity index (χ3n) is 4.72. The van der Waals surface area contributed by atoms with Gasteiger partial charge in [0.25, 0.3) is 0 Å². The van der Waals surface area contributed by atoms with Crippen LogP contribution >= 0.6 is 0 Å². The van der Waals surface area contributed by atoms with Gasteiger partial charge in [0.15, 0.2) is 6.10 Å². The number of hydrogen-bond donors (Lipinski definition) is 1. The van der Waals surface area contributed by atoms with Crippen molar-refractivity contribution in [2.24, 2.45) is 0 Å². The summed E-state index contributed by atoms with van der Waals surface area (Å²) in [5.74, 6) is 0.869. The van der Waals surface area contributed by atoms with E-state index < -0.39 is 15.9 Å². The first-order valence-corrected chi connectivity index (χ1v) is 10.6. The van der Waals surface area contributed by atoms with Gasteiger partial charge in [0.05, 0.1) is 16.1 Å². The van der Waals surface area contributed by atoms with Crippen LogP contribution in [0.2, 0.25) is 0 Å². The van der Waals surface area contributed by atoms with E-state index in [4.69, 9.17) is 4.42 Å². The lowest BCUT2D eigenvalue weighted by atomic mass is 10.2. The molecule has 4 aromatic rings. The highest BCUT2D eigenvalue weighted by molar-refractivity contribution is 7.91. The number of sulfone groups is 1. The van der Waals surface area contributed by atoms with Gasteiger partial charge in [0, 0.05) is 18.9 Å². The smallest absolute Gasteiger partial charge is 0.206 e. The predicted octanol–water partition coefficient (Wildman–Crippen LogP) is 3.75. The number of furan rings is 1. The molecule has 0 radical (unpaired) electrons. The van der Waals surface area contributed by atoms with Gasteiger partial charge in [-0.1, -0.05) is 29.8 Å². The molecule has 7 heteroatoms. The van der Waals surface area contributed by atoms with Gasteiger partial charge in [-0.25, -0.2) is 13.4 Å². The highest BCUT2D eigenvalue weighted by Crippen LogP contribution is 2.24. The van der Waals surface area contributed by atoms with Gasteiger partial charge in [0.1, 0.15) is 11.6 Å². The van der Waals surface area contributed by atoms with Gasteiger partial charge in [-0.3, -0.25) is 0 Å². The molecule has 0 saturated carbocycles. The fraction of sp³-hybridized carbons (Fsp3) is 0.136. The highest BCUT2D eigenvalue weighted by Gasteiger charge is 2.20. The fourth-order valence-electron chi connectivity index (χ4n) is 3.10. The number of aromatic nitrogens is 2. The molecule has 0 amide bonds. The van der Waals surface area contributed by atoms with Crippen molar-refractivity contribution in [1.29, 1.82) is 0 Å². The second-order valence-electron chi connectivity index (χ2n) is 6.79. The molecular formula is C22H20N2O4S. The van der Waals surface area contributed by atoms with Crippen LogP contribution in [0, 0.1) is 6.92 Å². The maximum Gasteiger partial charge on any atom is 0.206 e. The standard InChI is InChI=1S/C22H20N2O4S/c1-16-4-8-18(9-5-16)29(26,27)19-10-6-17(7-11-19)15-24-13-12-23-22(24)21(25)20-3-2-14-28-20/h2-14,21,25H,15H2,1H3. The maximum atomic E-state index is 12.8. The molecule has 0 aliphatic heterocycles. The Morgan fingerprint density at radius 1 is 1.03 bits per heavy atom. The Bertz CT molecular complexity index is 1190. The second-order valence-corrected chi connectivity index (χ2v) is 8.74. The third-order valence-corrected chi connectivity index (χ3v) is 6.51. The molecule has 4 rings (SSSR count). The molecule has 2 aromatic heterocycles. The number of benzene rings is 2. The molecule has 2 aromatic carbocycles. The van der Waals surface area contributed by atoms with Gasteiger partial charge in [-0.15, -0.1) is 0 Å². The summed E-state index contributed by atoms with van der Waals surface area (Å²) in [5.41, 5.74) is 1.89. The molecule has 6 nitrogen and oxygen atoms in total. The van der Waals surface area contributed by atoms with Crippen LogP contribution in [-0.2, 0) is 16.4 Å². The summed E-state index contributed by atoms with van der Waals surface area (Å²) in [4.78, 5) is 4.74. The van der Waals surface area contributed by atoms with Gasteiger partial charge in [-0.05, 0) is 48.9 Å². The molecule has 2 heterocycles. The number of aliphatic hydroxyl groups excluding tert-OH is 1. The van der Waals surface area contributed by atoms with E-state index in [1.54, 1.807) is 77.6 Å². The number of imidazole rings is 1. The summed E-state index contributed by atoms with van der Waals surface area (Å²) >= 11 is 0. The Hall–Kier alpha value is -3.16. The molecule has 29 heavy (non-hydrogen) atoms. The Labute approximate surface area is 169 Å². The van der Waals surface area contributed by atoms with Crippen molar-refractivity contribution in [2.75, 3.05) is 0 Å². The summed E-state index contributed by atoms with van der Waals surface area (Å²) in [6.45, 7) is 2.36. The van der Waals surface area contributed by atoms with Gasteiger partial charge < -0.3 is 14.1 Å². The molecule has 0 aliphatic rings. The van der Waals surface area contributed by atoms with Gasteiger partial charge >= 0.3 is 0 Å². The lowest BCUT2D eigenvalue weighted by Crippen LogP contribution is -2.10. The van der Waals surface area contributed by atoms with Crippen molar-refractivity contribution in [2.45, 2.75) is 29.4 Å². The van der Waals surface area contributed by atoms with Crippen LogP contribution in [0.15, 0.2) is 93.5 Å². The van der Waals surface area contributed by atoms with E-state index in [1.165, 1.54) is 6.26 Å². The van der Waals surface area contributed by atoms with Gasteiger partial charge in [0.2, 0.25) is 9.84 Å². The average Bonchev–Trinajstić information content (AvgIpc) is 3.41. The van der Waals surface area contributed by atoms with E-state index in [0.717, 1.165) is 11.1 Å². The van der Waals surface area contributed by atoms with Crippen LogP contribution in [0.4, 0.5) is 0 Å². The normalized spacial score (nSPS) is 12.8. The van der Waals surface area contributed by atoms with Crippen LogP contribution in [0.1, 0.15) is 28.8 Å². The summed E-state index contributed by atoms with van der Waals surface area (Å²) < 4.78 is 32.6. The van der Waals surface area contributed by atoms with Crippen molar-refractivity contribution in [3.63, 3.8) is 0 Å². The fourth-order valence-corrected chi connectivity index (χ4v) is 4.36. The van der Waals surface area contributed by atoms with Crippen molar-refractivity contribution in [1.82, 2.24) is 9.55 Å². The Kier molecular flexibility index (Phi) is 5.08. The first kappa shape index (κ1) is 19.2. The first-order valence-electron chi connectivity index (χ1n) is 9.08. The van der Waals surface area contributed by atoms with Crippen LogP contribution in [-0.4, -0.2) is 23.1 Å². The van der Waals surface area contributed by atoms with E-state index in [9.17, 15) is 13.5 Å². The number of aryl methyl sites for hydroxylation is 1. The largest absolute Gasteiger partial charge is 0.466 e. The monoisotopic (exact) mass is 408 g/mol. The number of aliphatic hydroxyl groups is 1. The molecular weight excluding hydrogens is 388 g/mol. The quantitative estimate of drug-likeness (QED) is 0.525. The van der Waals surface area contributed by atoms with Crippen molar-refractivity contribution in [3.8, 4) is 0 Å². The Morgan fingerprint density at radius 2 is 1.69 bits per heavy atom. The maximum absolute atomic E-state index is 12.8. The predicted molar refractivity (Wildman–Crippen MR) is 107 cm³/mol. The van der Waals surface area contributed by atoms with Crippen molar-refractivity contribution >= 4 is 9.84 Å². The minimum Gasteiger partial charge on any atom is -0.466 e. The molecule has 148 valence electrons. The number of hydrogen-bond acceptors (Lipinski definition) is 5. The van der Waals surface area contributed by atoms with Crippen LogP contribution in [0.3, 0.4) is 0 Å². The van der Waals surface area contributed by atoms with Crippen LogP contribution in [0.25, 0.3) is 0 Å². The Balaban J connectivity index is 1.55. The molecule has 0 saturated heterocycles. The summed E-state index contributed by atoms with van der Waals surface area (Å²) in [7, 11) is -3.56. The van der Waals surface area contributed by atoms with Crippen molar-refractivity contribution < 1.29 is 17.9 Å². The number of rotatable bonds is 6. The summed E-state index contributed by atoms with van der Waals surface area (Å²) in [6, 6.07) is 16.9. The molecule has 0 aliphatic carbocycles. The minimum absolute atomic E-state index is 0.242. The van der Waals surface area contributed by atoms with Crippen LogP contribution in [0.5, 0.6) is 0 Å². The zero-order valence-electron chi connectivity index (χ0n) is 15.8. The third kappa shape index (κ3) is 3.87. The summed E-state index contributed by atoms with van der Waals surface area (Å²) in [5, 5.41) is 10.5. The molecule has 0 bridgehead atoms. The van der Waals surface area contributed by atoms with E-state index in [2.05, 4.69) is 4.98 Å². The van der Waals surface area contributed by atoms with Crippen LogP contribution < -0.4 is 0 Å². The van der Waals surface area contributed by atoms with Gasteiger partial charge in [-0.2, -0.15) is 0 Å². The second kappa shape index (κ2) is 7.69. The topological polar surface area (TPSA) is 85.3 Å². The van der Waals surface area contributed by atoms with E-state index in [1.807, 2.05) is 6.92 Å². The zero-order chi connectivity index (χ0) is 20.4. The molecule has 0 spiro atoms. The van der Waals surface area contributed by atoms with Crippen molar-refractivity contribution in [3.05, 3.63) is 102 Å². The van der Waals surface area contributed by atoms with E-state index >= 15 is 0 Å². The molecule has 1 unspecified atom stereocenters. The minimum atomic E-state index is -3.56. The summed E-state index contributed by atoms with van der Waals surface area (Å²) in [6.07, 6.45) is 3.90.